The number of rotatable bonds is 7. The summed E-state index contributed by atoms with van der Waals surface area (Å²) in [4.78, 5) is 0.858. The van der Waals surface area contributed by atoms with E-state index < -0.39 is 60.4 Å². The van der Waals surface area contributed by atoms with Crippen LogP contribution in [0.5, 0.6) is 0 Å². The van der Waals surface area contributed by atoms with Gasteiger partial charge in [0.25, 0.3) is 0 Å². The van der Waals surface area contributed by atoms with Crippen molar-refractivity contribution in [3.8, 4) is 0 Å². The summed E-state index contributed by atoms with van der Waals surface area (Å²) in [7, 11) is 0. The zero-order valence-corrected chi connectivity index (χ0v) is 18.5. The van der Waals surface area contributed by atoms with Gasteiger partial charge in [-0.2, -0.15) is 26.3 Å². The van der Waals surface area contributed by atoms with E-state index in [0.29, 0.717) is 5.76 Å². The van der Waals surface area contributed by atoms with E-state index in [1.165, 1.54) is 12.2 Å². The molecule has 2 unspecified atom stereocenters. The standard InChI is InChI=1S/C24H23F8NO2/c1-14-7-8-16(11-21(14)35-17-5-3-2-4-6-17)33(13-22(34)24(30,31)32)12-18-19(25)9-15(10-20(18)26)23(27,28)29/h3,5-11,14,21-22,34H,2,4,12-13H2,1H3/t14?,21?,22-/m1/s1. The minimum absolute atomic E-state index is 0.0653. The van der Waals surface area contributed by atoms with E-state index in [9.17, 15) is 40.2 Å². The van der Waals surface area contributed by atoms with Crippen LogP contribution in [0.1, 0.15) is 30.9 Å². The Bertz CT molecular complexity index is 1020. The quantitative estimate of drug-likeness (QED) is 0.431. The van der Waals surface area contributed by atoms with E-state index in [4.69, 9.17) is 4.74 Å². The molecular weight excluding hydrogens is 486 g/mol. The Balaban J connectivity index is 1.94. The molecule has 0 fully saturated rings. The molecule has 3 rings (SSSR count). The highest BCUT2D eigenvalue weighted by Gasteiger charge is 2.40. The molecule has 0 saturated heterocycles. The second kappa shape index (κ2) is 10.4. The largest absolute Gasteiger partial charge is 0.486 e. The highest BCUT2D eigenvalue weighted by atomic mass is 19.4. The van der Waals surface area contributed by atoms with E-state index in [0.717, 1.165) is 17.7 Å². The predicted molar refractivity (Wildman–Crippen MR) is 112 cm³/mol. The van der Waals surface area contributed by atoms with Gasteiger partial charge in [0.1, 0.15) is 23.5 Å². The number of aliphatic hydroxyl groups excluding tert-OH is 1. The summed E-state index contributed by atoms with van der Waals surface area (Å²) >= 11 is 0. The number of allylic oxidation sites excluding steroid dienone is 4. The maximum Gasteiger partial charge on any atom is 0.416 e. The molecule has 0 bridgehead atoms. The lowest BCUT2D eigenvalue weighted by atomic mass is 9.96. The van der Waals surface area contributed by atoms with Crippen molar-refractivity contribution in [2.24, 2.45) is 5.92 Å². The van der Waals surface area contributed by atoms with Gasteiger partial charge in [0, 0.05) is 23.7 Å². The van der Waals surface area contributed by atoms with Crippen LogP contribution >= 0.6 is 0 Å². The fourth-order valence-electron chi connectivity index (χ4n) is 3.60. The lowest BCUT2D eigenvalue weighted by Crippen LogP contribution is -2.41. The van der Waals surface area contributed by atoms with Gasteiger partial charge in [-0.3, -0.25) is 0 Å². The van der Waals surface area contributed by atoms with Crippen molar-refractivity contribution in [3.63, 3.8) is 0 Å². The topological polar surface area (TPSA) is 32.7 Å². The minimum atomic E-state index is -5.03. The van der Waals surface area contributed by atoms with Crippen LogP contribution in [0.3, 0.4) is 0 Å². The lowest BCUT2D eigenvalue weighted by molar-refractivity contribution is -0.207. The van der Waals surface area contributed by atoms with E-state index in [-0.39, 0.29) is 23.7 Å². The fraction of sp³-hybridized carbons (Fsp3) is 0.417. The van der Waals surface area contributed by atoms with Crippen LogP contribution in [0.4, 0.5) is 35.1 Å². The third kappa shape index (κ3) is 6.87. The monoisotopic (exact) mass is 509 g/mol. The summed E-state index contributed by atoms with van der Waals surface area (Å²) < 4.78 is 113. The molecule has 3 nitrogen and oxygen atoms in total. The smallest absolute Gasteiger partial charge is 0.416 e. The Morgan fingerprint density at radius 2 is 1.71 bits per heavy atom. The number of benzene rings is 1. The molecule has 0 aromatic heterocycles. The molecule has 0 saturated carbocycles. The summed E-state index contributed by atoms with van der Waals surface area (Å²) in [6.45, 7) is -0.169. The first kappa shape index (κ1) is 26.8. The average Bonchev–Trinajstić information content (AvgIpc) is 2.76. The molecule has 0 heterocycles. The summed E-state index contributed by atoms with van der Waals surface area (Å²) in [6, 6.07) is 0.162. The SMILES string of the molecule is CC1C=CC(N(Cc2c(F)cc(C(F)(F)F)cc2F)C[C@@H](O)C(F)(F)F)=CC1OC1=CCCC=C1. The van der Waals surface area contributed by atoms with Gasteiger partial charge in [-0.15, -0.1) is 0 Å². The van der Waals surface area contributed by atoms with Crippen molar-refractivity contribution < 1.29 is 45.0 Å². The van der Waals surface area contributed by atoms with Crippen molar-refractivity contribution in [2.45, 2.75) is 50.9 Å². The molecule has 35 heavy (non-hydrogen) atoms. The summed E-state index contributed by atoms with van der Waals surface area (Å²) in [5, 5.41) is 9.63. The van der Waals surface area contributed by atoms with E-state index in [2.05, 4.69) is 0 Å². The number of hydrogen-bond acceptors (Lipinski definition) is 3. The number of hydrogen-bond donors (Lipinski definition) is 1. The van der Waals surface area contributed by atoms with Gasteiger partial charge in [-0.05, 0) is 49.3 Å². The normalized spacial score (nSPS) is 21.4. The zero-order chi connectivity index (χ0) is 26.0. The number of alkyl halides is 6. The average molecular weight is 509 g/mol. The van der Waals surface area contributed by atoms with Crippen molar-refractivity contribution in [1.29, 1.82) is 0 Å². The van der Waals surface area contributed by atoms with Gasteiger partial charge in [0.2, 0.25) is 0 Å². The van der Waals surface area contributed by atoms with E-state index >= 15 is 0 Å². The number of ether oxygens (including phenoxy) is 1. The molecule has 0 amide bonds. The van der Waals surface area contributed by atoms with Gasteiger partial charge < -0.3 is 14.7 Å². The minimum Gasteiger partial charge on any atom is -0.486 e. The highest BCUT2D eigenvalue weighted by molar-refractivity contribution is 5.31. The molecule has 192 valence electrons. The van der Waals surface area contributed by atoms with Crippen molar-refractivity contribution >= 4 is 0 Å². The van der Waals surface area contributed by atoms with Gasteiger partial charge in [-0.25, -0.2) is 8.78 Å². The van der Waals surface area contributed by atoms with E-state index in [1.807, 2.05) is 12.2 Å². The van der Waals surface area contributed by atoms with Crippen LogP contribution in [0.15, 0.2) is 60.0 Å². The predicted octanol–water partition coefficient (Wildman–Crippen LogP) is 6.42. The number of aliphatic hydroxyl groups is 1. The van der Waals surface area contributed by atoms with Crippen LogP contribution in [-0.4, -0.2) is 34.9 Å². The summed E-state index contributed by atoms with van der Waals surface area (Å²) in [6.07, 6.45) is -2.00. The zero-order valence-electron chi connectivity index (χ0n) is 18.5. The third-order valence-corrected chi connectivity index (χ3v) is 5.61. The first-order valence-electron chi connectivity index (χ1n) is 10.7. The Hall–Kier alpha value is -2.82. The van der Waals surface area contributed by atoms with Crippen molar-refractivity contribution in [1.82, 2.24) is 4.90 Å². The molecule has 3 atom stereocenters. The highest BCUT2D eigenvalue weighted by Crippen LogP contribution is 2.33. The van der Waals surface area contributed by atoms with Crippen LogP contribution in [-0.2, 0) is 17.5 Å². The van der Waals surface area contributed by atoms with Crippen LogP contribution < -0.4 is 0 Å². The van der Waals surface area contributed by atoms with Gasteiger partial charge in [-0.1, -0.05) is 19.1 Å². The molecule has 1 aromatic carbocycles. The van der Waals surface area contributed by atoms with Crippen molar-refractivity contribution in [3.05, 3.63) is 82.8 Å². The molecule has 1 aromatic rings. The molecule has 2 aliphatic rings. The molecule has 0 aliphatic heterocycles. The van der Waals surface area contributed by atoms with Gasteiger partial charge >= 0.3 is 12.4 Å². The third-order valence-electron chi connectivity index (χ3n) is 5.61. The van der Waals surface area contributed by atoms with Gasteiger partial charge in [0.05, 0.1) is 12.1 Å². The van der Waals surface area contributed by atoms with Crippen LogP contribution in [0.25, 0.3) is 0 Å². The van der Waals surface area contributed by atoms with Crippen molar-refractivity contribution in [2.75, 3.05) is 6.54 Å². The first-order chi connectivity index (χ1) is 16.3. The summed E-state index contributed by atoms with van der Waals surface area (Å²) in [5.74, 6) is -2.78. The van der Waals surface area contributed by atoms with Crippen LogP contribution in [0.2, 0.25) is 0 Å². The second-order valence-electron chi connectivity index (χ2n) is 8.33. The molecule has 1 N–H and O–H groups in total. The maximum atomic E-state index is 14.5. The first-order valence-corrected chi connectivity index (χ1v) is 10.7. The molecular formula is C24H23F8NO2. The molecule has 0 radical (unpaired) electrons. The Labute approximate surface area is 196 Å². The Kier molecular flexibility index (Phi) is 7.98. The lowest BCUT2D eigenvalue weighted by Gasteiger charge is -2.33. The molecule has 2 aliphatic carbocycles. The Morgan fingerprint density at radius 1 is 1.06 bits per heavy atom. The van der Waals surface area contributed by atoms with E-state index in [1.54, 1.807) is 19.1 Å². The number of halogens is 8. The van der Waals surface area contributed by atoms with Crippen LogP contribution in [0, 0.1) is 17.6 Å². The second-order valence-corrected chi connectivity index (χ2v) is 8.33. The molecule has 11 heteroatoms. The number of nitrogens with zero attached hydrogens (tertiary/aromatic N) is 1. The summed E-state index contributed by atoms with van der Waals surface area (Å²) in [5.41, 5.74) is -2.36. The Morgan fingerprint density at radius 3 is 2.26 bits per heavy atom. The molecule has 0 spiro atoms. The maximum absolute atomic E-state index is 14.5. The van der Waals surface area contributed by atoms with Gasteiger partial charge in [0.15, 0.2) is 6.10 Å². The fourth-order valence-corrected chi connectivity index (χ4v) is 3.60.